The average molecular weight is 247 g/mol. The summed E-state index contributed by atoms with van der Waals surface area (Å²) in [6.07, 6.45) is 5.20. The number of ether oxygens (including phenoxy) is 1. The number of hydrogen-bond acceptors (Lipinski definition) is 2. The molecule has 1 aliphatic rings. The molecule has 1 fully saturated rings. The van der Waals surface area contributed by atoms with Gasteiger partial charge in [0.05, 0.1) is 6.10 Å². The summed E-state index contributed by atoms with van der Waals surface area (Å²) in [5.41, 5.74) is 1.44. The van der Waals surface area contributed by atoms with E-state index in [4.69, 9.17) is 4.74 Å². The van der Waals surface area contributed by atoms with E-state index in [1.807, 2.05) is 0 Å². The van der Waals surface area contributed by atoms with Crippen molar-refractivity contribution in [1.82, 2.24) is 5.32 Å². The summed E-state index contributed by atoms with van der Waals surface area (Å²) in [7, 11) is 2.06. The number of likely N-dealkylation sites (N-methyl/N-ethyl adjacent to an activating group) is 1. The van der Waals surface area contributed by atoms with E-state index in [-0.39, 0.29) is 0 Å². The molecule has 18 heavy (non-hydrogen) atoms. The standard InChI is InChI=1S/C16H25NO/c1-13-11-12-18-16(13)15(17-2)10-6-9-14-7-4-3-5-8-14/h3-5,7-8,13,15-17H,6,9-12H2,1-2H3. The van der Waals surface area contributed by atoms with Crippen molar-refractivity contribution < 1.29 is 4.74 Å². The fraction of sp³-hybridized carbons (Fsp3) is 0.625. The Morgan fingerprint density at radius 1 is 1.33 bits per heavy atom. The Morgan fingerprint density at radius 3 is 2.72 bits per heavy atom. The zero-order chi connectivity index (χ0) is 12.8. The first-order chi connectivity index (χ1) is 8.81. The van der Waals surface area contributed by atoms with Crippen molar-refractivity contribution >= 4 is 0 Å². The van der Waals surface area contributed by atoms with Crippen molar-refractivity contribution in [2.24, 2.45) is 5.92 Å². The van der Waals surface area contributed by atoms with Crippen molar-refractivity contribution in [2.75, 3.05) is 13.7 Å². The number of nitrogens with one attached hydrogen (secondary N) is 1. The monoisotopic (exact) mass is 247 g/mol. The Balaban J connectivity index is 1.77. The van der Waals surface area contributed by atoms with E-state index < -0.39 is 0 Å². The molecule has 1 heterocycles. The fourth-order valence-corrected chi connectivity index (χ4v) is 2.87. The van der Waals surface area contributed by atoms with Crippen LogP contribution in [0.2, 0.25) is 0 Å². The van der Waals surface area contributed by atoms with Crippen molar-refractivity contribution in [1.29, 1.82) is 0 Å². The SMILES string of the molecule is CNC(CCCc1ccccc1)C1OCCC1C. The molecule has 100 valence electrons. The molecule has 0 amide bonds. The van der Waals surface area contributed by atoms with Crippen LogP contribution in [0.4, 0.5) is 0 Å². The smallest absolute Gasteiger partial charge is 0.0754 e. The number of aryl methyl sites for hydroxylation is 1. The topological polar surface area (TPSA) is 21.3 Å². The zero-order valence-corrected chi connectivity index (χ0v) is 11.6. The molecule has 1 aliphatic heterocycles. The number of rotatable bonds is 6. The molecule has 3 unspecified atom stereocenters. The van der Waals surface area contributed by atoms with Gasteiger partial charge in [-0.3, -0.25) is 0 Å². The lowest BCUT2D eigenvalue weighted by molar-refractivity contribution is 0.0601. The molecule has 1 N–H and O–H groups in total. The first kappa shape index (κ1) is 13.6. The van der Waals surface area contributed by atoms with E-state index in [0.717, 1.165) is 6.61 Å². The maximum Gasteiger partial charge on any atom is 0.0754 e. The van der Waals surface area contributed by atoms with Crippen molar-refractivity contribution in [3.05, 3.63) is 35.9 Å². The molecule has 0 spiro atoms. The van der Waals surface area contributed by atoms with Crippen LogP contribution in [0.15, 0.2) is 30.3 Å². The van der Waals surface area contributed by atoms with Crippen LogP contribution in [0.3, 0.4) is 0 Å². The van der Waals surface area contributed by atoms with E-state index in [1.165, 1.54) is 31.2 Å². The van der Waals surface area contributed by atoms with Crippen molar-refractivity contribution in [3.63, 3.8) is 0 Å². The van der Waals surface area contributed by atoms with Gasteiger partial charge in [-0.1, -0.05) is 37.3 Å². The summed E-state index contributed by atoms with van der Waals surface area (Å²) in [6, 6.07) is 11.2. The van der Waals surface area contributed by atoms with Gasteiger partial charge in [0, 0.05) is 12.6 Å². The number of hydrogen-bond donors (Lipinski definition) is 1. The Hall–Kier alpha value is -0.860. The summed E-state index contributed by atoms with van der Waals surface area (Å²) >= 11 is 0. The Bertz CT molecular complexity index is 338. The molecule has 0 aliphatic carbocycles. The van der Waals surface area contributed by atoms with Gasteiger partial charge in [-0.25, -0.2) is 0 Å². The zero-order valence-electron chi connectivity index (χ0n) is 11.6. The second-order valence-electron chi connectivity index (χ2n) is 5.37. The predicted octanol–water partition coefficient (Wildman–Crippen LogP) is 3.02. The van der Waals surface area contributed by atoms with Crippen LogP contribution in [0, 0.1) is 5.92 Å². The van der Waals surface area contributed by atoms with Crippen LogP contribution in [0.5, 0.6) is 0 Å². The lowest BCUT2D eigenvalue weighted by atomic mass is 9.93. The van der Waals surface area contributed by atoms with Crippen LogP contribution >= 0.6 is 0 Å². The Labute approximate surface area is 111 Å². The highest BCUT2D eigenvalue weighted by Crippen LogP contribution is 2.25. The third-order valence-electron chi connectivity index (χ3n) is 4.04. The van der Waals surface area contributed by atoms with Crippen LogP contribution in [0.1, 0.15) is 31.7 Å². The highest BCUT2D eigenvalue weighted by Gasteiger charge is 2.30. The van der Waals surface area contributed by atoms with Crippen molar-refractivity contribution in [2.45, 2.75) is 44.8 Å². The third kappa shape index (κ3) is 3.56. The van der Waals surface area contributed by atoms with Crippen LogP contribution in [-0.2, 0) is 11.2 Å². The molecule has 2 rings (SSSR count). The summed E-state index contributed by atoms with van der Waals surface area (Å²) in [4.78, 5) is 0. The van der Waals surface area contributed by atoms with E-state index in [0.29, 0.717) is 18.1 Å². The van der Waals surface area contributed by atoms with E-state index >= 15 is 0 Å². The molecule has 0 bridgehead atoms. The van der Waals surface area contributed by atoms with Gasteiger partial charge >= 0.3 is 0 Å². The van der Waals surface area contributed by atoms with Gasteiger partial charge < -0.3 is 10.1 Å². The lowest BCUT2D eigenvalue weighted by Crippen LogP contribution is -2.40. The minimum Gasteiger partial charge on any atom is -0.376 e. The van der Waals surface area contributed by atoms with Crippen LogP contribution in [0.25, 0.3) is 0 Å². The van der Waals surface area contributed by atoms with Crippen LogP contribution < -0.4 is 5.32 Å². The quantitative estimate of drug-likeness (QED) is 0.834. The molecule has 1 aromatic carbocycles. The molecule has 0 radical (unpaired) electrons. The summed E-state index contributed by atoms with van der Waals surface area (Å²) in [5.74, 6) is 0.694. The molecular weight excluding hydrogens is 222 g/mol. The predicted molar refractivity (Wildman–Crippen MR) is 75.7 cm³/mol. The lowest BCUT2D eigenvalue weighted by Gasteiger charge is -2.25. The molecule has 0 aromatic heterocycles. The minimum atomic E-state index is 0.408. The summed E-state index contributed by atoms with van der Waals surface area (Å²) in [6.45, 7) is 3.24. The first-order valence-electron chi connectivity index (χ1n) is 7.14. The molecule has 1 aromatic rings. The fourth-order valence-electron chi connectivity index (χ4n) is 2.87. The first-order valence-corrected chi connectivity index (χ1v) is 7.14. The van der Waals surface area contributed by atoms with Gasteiger partial charge in [0.1, 0.15) is 0 Å². The van der Waals surface area contributed by atoms with Gasteiger partial charge in [0.15, 0.2) is 0 Å². The van der Waals surface area contributed by atoms with E-state index in [1.54, 1.807) is 0 Å². The maximum absolute atomic E-state index is 5.86. The van der Waals surface area contributed by atoms with E-state index in [2.05, 4.69) is 49.6 Å². The largest absolute Gasteiger partial charge is 0.376 e. The summed E-state index contributed by atoms with van der Waals surface area (Å²) < 4.78 is 5.86. The minimum absolute atomic E-state index is 0.408. The molecule has 2 nitrogen and oxygen atoms in total. The molecular formula is C16H25NO. The molecule has 2 heteroatoms. The third-order valence-corrected chi connectivity index (χ3v) is 4.04. The highest BCUT2D eigenvalue weighted by molar-refractivity contribution is 5.14. The molecule has 0 saturated carbocycles. The number of benzene rings is 1. The average Bonchev–Trinajstić information content (AvgIpc) is 2.82. The van der Waals surface area contributed by atoms with Gasteiger partial charge in [0.25, 0.3) is 0 Å². The van der Waals surface area contributed by atoms with E-state index in [9.17, 15) is 0 Å². The van der Waals surface area contributed by atoms with Gasteiger partial charge in [-0.2, -0.15) is 0 Å². The highest BCUT2D eigenvalue weighted by atomic mass is 16.5. The Morgan fingerprint density at radius 2 is 2.11 bits per heavy atom. The normalized spacial score (nSPS) is 25.2. The van der Waals surface area contributed by atoms with Crippen LogP contribution in [-0.4, -0.2) is 25.8 Å². The van der Waals surface area contributed by atoms with Crippen molar-refractivity contribution in [3.8, 4) is 0 Å². The molecule has 1 saturated heterocycles. The second-order valence-corrected chi connectivity index (χ2v) is 5.37. The second kappa shape index (κ2) is 6.91. The summed E-state index contributed by atoms with van der Waals surface area (Å²) in [5, 5.41) is 3.44. The van der Waals surface area contributed by atoms with Gasteiger partial charge in [0.2, 0.25) is 0 Å². The molecule has 3 atom stereocenters. The van der Waals surface area contributed by atoms with Gasteiger partial charge in [-0.15, -0.1) is 0 Å². The Kier molecular flexibility index (Phi) is 5.21. The van der Waals surface area contributed by atoms with Gasteiger partial charge in [-0.05, 0) is 44.2 Å². The maximum atomic E-state index is 5.86.